The van der Waals surface area contributed by atoms with E-state index in [-0.39, 0.29) is 0 Å². The molecule has 0 aromatic rings. The Kier molecular flexibility index (Phi) is 5.07. The summed E-state index contributed by atoms with van der Waals surface area (Å²) < 4.78 is 0. The average Bonchev–Trinajstić information content (AvgIpc) is 2.17. The van der Waals surface area contributed by atoms with E-state index in [0.29, 0.717) is 11.0 Å². The van der Waals surface area contributed by atoms with Crippen molar-refractivity contribution in [2.24, 2.45) is 11.3 Å². The maximum absolute atomic E-state index is 3.68. The van der Waals surface area contributed by atoms with Crippen LogP contribution in [0, 0.1) is 11.3 Å². The van der Waals surface area contributed by atoms with Crippen LogP contribution in [0.5, 0.6) is 0 Å². The zero-order valence-electron chi connectivity index (χ0n) is 12.4. The Morgan fingerprint density at radius 1 is 1.24 bits per heavy atom. The van der Waals surface area contributed by atoms with Crippen LogP contribution in [0.25, 0.3) is 0 Å². The van der Waals surface area contributed by atoms with E-state index >= 15 is 0 Å². The molecule has 17 heavy (non-hydrogen) atoms. The molecule has 3 heteroatoms. The normalized spacial score (nSPS) is 24.9. The molecule has 1 heterocycles. The lowest BCUT2D eigenvalue weighted by atomic mass is 9.81. The first-order chi connectivity index (χ1) is 7.66. The van der Waals surface area contributed by atoms with Gasteiger partial charge in [-0.15, -0.1) is 0 Å². The van der Waals surface area contributed by atoms with Gasteiger partial charge < -0.3 is 0 Å². The first-order valence-corrected chi connectivity index (χ1v) is 7.78. The van der Waals surface area contributed by atoms with Crippen molar-refractivity contribution in [2.45, 2.75) is 40.2 Å². The van der Waals surface area contributed by atoms with Crippen molar-refractivity contribution in [2.75, 3.05) is 38.6 Å². The van der Waals surface area contributed by atoms with Gasteiger partial charge in [0.2, 0.25) is 0 Å². The summed E-state index contributed by atoms with van der Waals surface area (Å²) in [5.41, 5.74) is 0.698. The van der Waals surface area contributed by atoms with Crippen LogP contribution in [0.15, 0.2) is 0 Å². The van der Waals surface area contributed by atoms with Gasteiger partial charge >= 0.3 is 0 Å². The molecule has 0 bridgehead atoms. The van der Waals surface area contributed by atoms with E-state index in [1.165, 1.54) is 26.2 Å². The van der Waals surface area contributed by atoms with Gasteiger partial charge in [-0.1, -0.05) is 36.7 Å². The van der Waals surface area contributed by atoms with Crippen LogP contribution < -0.4 is 0 Å². The van der Waals surface area contributed by atoms with E-state index < -0.39 is 0 Å². The first-order valence-electron chi connectivity index (χ1n) is 6.66. The molecule has 1 rings (SSSR count). The van der Waals surface area contributed by atoms with E-state index in [1.807, 2.05) is 0 Å². The van der Waals surface area contributed by atoms with Crippen molar-refractivity contribution >= 4 is 15.9 Å². The van der Waals surface area contributed by atoms with Gasteiger partial charge in [0.15, 0.2) is 0 Å². The zero-order valence-corrected chi connectivity index (χ0v) is 14.0. The van der Waals surface area contributed by atoms with E-state index in [9.17, 15) is 0 Å². The van der Waals surface area contributed by atoms with E-state index in [2.05, 4.69) is 67.4 Å². The van der Waals surface area contributed by atoms with Crippen LogP contribution in [0.4, 0.5) is 0 Å². The third-order valence-corrected chi connectivity index (χ3v) is 5.07. The van der Waals surface area contributed by atoms with Gasteiger partial charge in [0, 0.05) is 37.0 Å². The van der Waals surface area contributed by atoms with Crippen molar-refractivity contribution in [3.63, 3.8) is 0 Å². The summed E-state index contributed by atoms with van der Waals surface area (Å²) in [5.74, 6) is 0.724. The maximum atomic E-state index is 3.68. The van der Waals surface area contributed by atoms with E-state index in [0.717, 1.165) is 11.2 Å². The molecule has 1 saturated heterocycles. The fourth-order valence-corrected chi connectivity index (χ4v) is 3.54. The minimum Gasteiger partial charge on any atom is -0.300 e. The molecular formula is C14H29BrN2. The molecule has 0 aliphatic carbocycles. The second-order valence-corrected chi connectivity index (χ2v) is 7.83. The molecule has 0 aromatic heterocycles. The standard InChI is InChI=1S/C14H29BrN2/c1-13(2,3)12(9-15)10-17-8-7-16(6)14(4,5)11-17/h12H,7-11H2,1-6H3. The van der Waals surface area contributed by atoms with Gasteiger partial charge in [-0.25, -0.2) is 0 Å². The molecule has 1 atom stereocenters. The van der Waals surface area contributed by atoms with Crippen molar-refractivity contribution in [3.8, 4) is 0 Å². The van der Waals surface area contributed by atoms with Crippen molar-refractivity contribution in [1.29, 1.82) is 0 Å². The number of nitrogens with zero attached hydrogens (tertiary/aromatic N) is 2. The Morgan fingerprint density at radius 2 is 1.82 bits per heavy atom. The molecule has 0 amide bonds. The van der Waals surface area contributed by atoms with Crippen LogP contribution in [0.1, 0.15) is 34.6 Å². The second-order valence-electron chi connectivity index (χ2n) is 7.19. The monoisotopic (exact) mass is 304 g/mol. The lowest BCUT2D eigenvalue weighted by molar-refractivity contribution is 0.0240. The Bertz CT molecular complexity index is 245. The van der Waals surface area contributed by atoms with Crippen LogP contribution in [0.2, 0.25) is 0 Å². The summed E-state index contributed by atoms with van der Waals surface area (Å²) in [6.45, 7) is 16.5. The van der Waals surface area contributed by atoms with Crippen LogP contribution in [0.3, 0.4) is 0 Å². The van der Waals surface area contributed by atoms with Crippen molar-refractivity contribution in [1.82, 2.24) is 9.80 Å². The molecule has 0 N–H and O–H groups in total. The molecule has 0 spiro atoms. The summed E-state index contributed by atoms with van der Waals surface area (Å²) in [6.07, 6.45) is 0. The number of likely N-dealkylation sites (N-methyl/N-ethyl adjacent to an activating group) is 1. The van der Waals surface area contributed by atoms with E-state index in [4.69, 9.17) is 0 Å². The minimum atomic E-state index is 0.312. The summed E-state index contributed by atoms with van der Waals surface area (Å²) in [4.78, 5) is 5.11. The molecule has 1 unspecified atom stereocenters. The van der Waals surface area contributed by atoms with Crippen LogP contribution >= 0.6 is 15.9 Å². The van der Waals surface area contributed by atoms with Crippen molar-refractivity contribution < 1.29 is 0 Å². The third-order valence-electron chi connectivity index (χ3n) is 4.29. The van der Waals surface area contributed by atoms with Gasteiger partial charge in [-0.2, -0.15) is 0 Å². The molecular weight excluding hydrogens is 276 g/mol. The number of alkyl halides is 1. The summed E-state index contributed by atoms with van der Waals surface area (Å²) in [5, 5.41) is 1.10. The highest BCUT2D eigenvalue weighted by atomic mass is 79.9. The summed E-state index contributed by atoms with van der Waals surface area (Å²) in [7, 11) is 2.24. The Balaban J connectivity index is 2.58. The third kappa shape index (κ3) is 4.22. The zero-order chi connectivity index (χ0) is 13.3. The molecule has 1 aliphatic heterocycles. The smallest absolute Gasteiger partial charge is 0.0277 e. The van der Waals surface area contributed by atoms with Crippen LogP contribution in [-0.4, -0.2) is 53.9 Å². The number of hydrogen-bond donors (Lipinski definition) is 0. The predicted octanol–water partition coefficient (Wildman–Crippen LogP) is 3.07. The minimum absolute atomic E-state index is 0.312. The Labute approximate surface area is 116 Å². The Hall–Kier alpha value is 0.400. The van der Waals surface area contributed by atoms with Crippen LogP contribution in [-0.2, 0) is 0 Å². The molecule has 102 valence electrons. The fourth-order valence-electron chi connectivity index (χ4n) is 2.36. The first kappa shape index (κ1) is 15.5. The van der Waals surface area contributed by atoms with Crippen molar-refractivity contribution in [3.05, 3.63) is 0 Å². The van der Waals surface area contributed by atoms with Gasteiger partial charge in [0.05, 0.1) is 0 Å². The van der Waals surface area contributed by atoms with Gasteiger partial charge in [-0.05, 0) is 32.2 Å². The molecule has 1 aliphatic rings. The predicted molar refractivity (Wildman–Crippen MR) is 79.9 cm³/mol. The maximum Gasteiger partial charge on any atom is 0.0277 e. The quantitative estimate of drug-likeness (QED) is 0.739. The lowest BCUT2D eigenvalue weighted by Gasteiger charge is -2.47. The second kappa shape index (κ2) is 5.58. The van der Waals surface area contributed by atoms with E-state index in [1.54, 1.807) is 0 Å². The molecule has 1 fully saturated rings. The summed E-state index contributed by atoms with van der Waals surface area (Å²) in [6, 6.07) is 0. The average molecular weight is 305 g/mol. The number of rotatable bonds is 3. The molecule has 0 radical (unpaired) electrons. The molecule has 2 nitrogen and oxygen atoms in total. The Morgan fingerprint density at radius 3 is 2.24 bits per heavy atom. The largest absolute Gasteiger partial charge is 0.300 e. The SMILES string of the molecule is CN1CCN(CC(CBr)C(C)(C)C)CC1(C)C. The topological polar surface area (TPSA) is 6.48 Å². The summed E-state index contributed by atoms with van der Waals surface area (Å²) >= 11 is 3.68. The number of piperazine rings is 1. The molecule has 0 saturated carbocycles. The highest BCUT2D eigenvalue weighted by Crippen LogP contribution is 2.29. The highest BCUT2D eigenvalue weighted by Gasteiger charge is 2.33. The fraction of sp³-hybridized carbons (Fsp3) is 1.00. The van der Waals surface area contributed by atoms with Gasteiger partial charge in [-0.3, -0.25) is 9.80 Å². The van der Waals surface area contributed by atoms with Gasteiger partial charge in [0.1, 0.15) is 0 Å². The number of halogens is 1. The molecule has 0 aromatic carbocycles. The highest BCUT2D eigenvalue weighted by molar-refractivity contribution is 9.09. The number of hydrogen-bond acceptors (Lipinski definition) is 2. The lowest BCUT2D eigenvalue weighted by Crippen LogP contribution is -2.58. The van der Waals surface area contributed by atoms with Gasteiger partial charge in [0.25, 0.3) is 0 Å².